The molecule has 3 heteroatoms. The summed E-state index contributed by atoms with van der Waals surface area (Å²) in [5.41, 5.74) is 3.45. The number of aliphatic hydroxyl groups excluding tert-OH is 1. The molecule has 0 aliphatic rings. The van der Waals surface area contributed by atoms with Crippen LogP contribution in [0.4, 0.5) is 0 Å². The molecule has 2 rings (SSSR count). The van der Waals surface area contributed by atoms with Gasteiger partial charge in [0.05, 0.1) is 6.61 Å². The highest BCUT2D eigenvalue weighted by atomic mass is 16.3. The Balaban J connectivity index is 2.05. The highest BCUT2D eigenvalue weighted by Crippen LogP contribution is 2.13. The summed E-state index contributed by atoms with van der Waals surface area (Å²) in [6, 6.07) is 12.7. The van der Waals surface area contributed by atoms with Gasteiger partial charge in [0, 0.05) is 31.5 Å². The first kappa shape index (κ1) is 14.7. The average molecular weight is 270 g/mol. The van der Waals surface area contributed by atoms with Crippen molar-refractivity contribution in [1.82, 2.24) is 9.88 Å². The van der Waals surface area contributed by atoms with E-state index in [1.54, 1.807) is 6.20 Å². The zero-order valence-corrected chi connectivity index (χ0v) is 12.2. The zero-order valence-electron chi connectivity index (χ0n) is 12.2. The van der Waals surface area contributed by atoms with Gasteiger partial charge in [0.25, 0.3) is 0 Å². The van der Waals surface area contributed by atoms with Crippen molar-refractivity contribution in [3.05, 3.63) is 65.5 Å². The summed E-state index contributed by atoms with van der Waals surface area (Å²) in [6.07, 6.45) is 3.72. The van der Waals surface area contributed by atoms with Gasteiger partial charge in [-0.2, -0.15) is 0 Å². The Hall–Kier alpha value is -1.71. The van der Waals surface area contributed by atoms with E-state index in [1.165, 1.54) is 11.1 Å². The maximum atomic E-state index is 9.08. The minimum atomic E-state index is 0.101. The van der Waals surface area contributed by atoms with Gasteiger partial charge in [-0.05, 0) is 36.6 Å². The van der Waals surface area contributed by atoms with Crippen LogP contribution in [0, 0.1) is 0 Å². The number of benzene rings is 1. The van der Waals surface area contributed by atoms with Gasteiger partial charge in [-0.3, -0.25) is 9.88 Å². The summed E-state index contributed by atoms with van der Waals surface area (Å²) in [7, 11) is 0. The summed E-state index contributed by atoms with van der Waals surface area (Å²) in [5.74, 6) is 0. The van der Waals surface area contributed by atoms with Crippen LogP contribution in [0.2, 0.25) is 0 Å². The second kappa shape index (κ2) is 7.17. The molecular formula is C17H22N2O. The van der Waals surface area contributed by atoms with Crippen molar-refractivity contribution in [2.45, 2.75) is 39.6 Å². The normalized spacial score (nSPS) is 11.2. The fourth-order valence-electron chi connectivity index (χ4n) is 2.13. The quantitative estimate of drug-likeness (QED) is 0.876. The molecule has 1 aromatic carbocycles. The molecule has 2 aromatic rings. The molecule has 0 amide bonds. The molecule has 0 fully saturated rings. The van der Waals surface area contributed by atoms with Gasteiger partial charge >= 0.3 is 0 Å². The maximum Gasteiger partial charge on any atom is 0.0681 e. The molecule has 0 radical (unpaired) electrons. The first-order valence-corrected chi connectivity index (χ1v) is 7.00. The van der Waals surface area contributed by atoms with Gasteiger partial charge in [0.2, 0.25) is 0 Å². The molecule has 0 spiro atoms. The Morgan fingerprint density at radius 1 is 1.00 bits per heavy atom. The van der Waals surface area contributed by atoms with Gasteiger partial charge in [0.15, 0.2) is 0 Å². The van der Waals surface area contributed by atoms with Crippen molar-refractivity contribution in [2.75, 3.05) is 0 Å². The molecule has 20 heavy (non-hydrogen) atoms. The van der Waals surface area contributed by atoms with Gasteiger partial charge in [-0.25, -0.2) is 0 Å². The monoisotopic (exact) mass is 270 g/mol. The number of hydrogen-bond acceptors (Lipinski definition) is 3. The van der Waals surface area contributed by atoms with Crippen LogP contribution in [0.3, 0.4) is 0 Å². The van der Waals surface area contributed by atoms with Crippen LogP contribution in [0.25, 0.3) is 0 Å². The summed E-state index contributed by atoms with van der Waals surface area (Å²) < 4.78 is 0. The molecule has 0 aliphatic heterocycles. The van der Waals surface area contributed by atoms with E-state index < -0.39 is 0 Å². The molecule has 106 valence electrons. The lowest BCUT2D eigenvalue weighted by Gasteiger charge is -2.26. The van der Waals surface area contributed by atoms with Crippen LogP contribution in [0.1, 0.15) is 30.5 Å². The lowest BCUT2D eigenvalue weighted by Crippen LogP contribution is -2.29. The third kappa shape index (κ3) is 4.15. The summed E-state index contributed by atoms with van der Waals surface area (Å²) in [5, 5.41) is 9.08. The van der Waals surface area contributed by atoms with E-state index in [4.69, 9.17) is 5.11 Å². The van der Waals surface area contributed by atoms with Gasteiger partial charge in [-0.1, -0.05) is 30.3 Å². The van der Waals surface area contributed by atoms with Crippen molar-refractivity contribution in [3.63, 3.8) is 0 Å². The van der Waals surface area contributed by atoms with Crippen LogP contribution in [-0.4, -0.2) is 21.0 Å². The fraction of sp³-hybridized carbons (Fsp3) is 0.353. The minimum Gasteiger partial charge on any atom is -0.392 e. The Bertz CT molecular complexity index is 508. The van der Waals surface area contributed by atoms with E-state index in [2.05, 4.69) is 41.9 Å². The highest BCUT2D eigenvalue weighted by Gasteiger charge is 2.11. The Morgan fingerprint density at radius 2 is 1.65 bits per heavy atom. The molecule has 0 bridgehead atoms. The van der Waals surface area contributed by atoms with Gasteiger partial charge in [-0.15, -0.1) is 0 Å². The number of pyridine rings is 1. The molecule has 3 nitrogen and oxygen atoms in total. The smallest absolute Gasteiger partial charge is 0.0681 e. The molecular weight excluding hydrogens is 248 g/mol. The highest BCUT2D eigenvalue weighted by molar-refractivity contribution is 5.22. The van der Waals surface area contributed by atoms with E-state index in [-0.39, 0.29) is 6.61 Å². The summed E-state index contributed by atoms with van der Waals surface area (Å²) in [6.45, 7) is 6.31. The first-order valence-electron chi connectivity index (χ1n) is 7.00. The predicted octanol–water partition coefficient (Wildman–Crippen LogP) is 2.98. The van der Waals surface area contributed by atoms with Crippen molar-refractivity contribution in [2.24, 2.45) is 0 Å². The molecule has 0 aliphatic carbocycles. The Morgan fingerprint density at radius 3 is 2.20 bits per heavy atom. The number of hydrogen-bond donors (Lipinski definition) is 1. The second-order valence-electron chi connectivity index (χ2n) is 5.33. The van der Waals surface area contributed by atoms with E-state index in [0.29, 0.717) is 6.04 Å². The maximum absolute atomic E-state index is 9.08. The number of nitrogens with zero attached hydrogens (tertiary/aromatic N) is 2. The van der Waals surface area contributed by atoms with Crippen LogP contribution < -0.4 is 0 Å². The van der Waals surface area contributed by atoms with Crippen LogP contribution >= 0.6 is 0 Å². The molecule has 1 heterocycles. The van der Waals surface area contributed by atoms with E-state index in [1.807, 2.05) is 24.4 Å². The Kier molecular flexibility index (Phi) is 5.27. The van der Waals surface area contributed by atoms with Crippen molar-refractivity contribution < 1.29 is 5.11 Å². The molecule has 1 N–H and O–H groups in total. The third-order valence-electron chi connectivity index (χ3n) is 3.43. The zero-order chi connectivity index (χ0) is 14.4. The third-order valence-corrected chi connectivity index (χ3v) is 3.43. The van der Waals surface area contributed by atoms with Crippen molar-refractivity contribution >= 4 is 0 Å². The second-order valence-corrected chi connectivity index (χ2v) is 5.33. The molecule has 0 saturated heterocycles. The van der Waals surface area contributed by atoms with Gasteiger partial charge in [0.1, 0.15) is 0 Å². The van der Waals surface area contributed by atoms with Crippen molar-refractivity contribution in [1.29, 1.82) is 0 Å². The number of aromatic nitrogens is 1. The first-order chi connectivity index (χ1) is 9.69. The molecule has 0 saturated carbocycles. The van der Waals surface area contributed by atoms with Crippen LogP contribution in [0.15, 0.2) is 48.8 Å². The SMILES string of the molecule is CC(C)N(Cc1ccc(CO)cc1)Cc1cccnc1. The lowest BCUT2D eigenvalue weighted by atomic mass is 10.1. The van der Waals surface area contributed by atoms with Gasteiger partial charge < -0.3 is 5.11 Å². The Labute approximate surface area is 120 Å². The molecule has 0 atom stereocenters. The fourth-order valence-corrected chi connectivity index (χ4v) is 2.13. The average Bonchev–Trinajstić information content (AvgIpc) is 2.48. The molecule has 1 aromatic heterocycles. The topological polar surface area (TPSA) is 36.4 Å². The van der Waals surface area contributed by atoms with Crippen LogP contribution in [0.5, 0.6) is 0 Å². The minimum absolute atomic E-state index is 0.101. The number of rotatable bonds is 6. The molecule has 0 unspecified atom stereocenters. The summed E-state index contributed by atoms with van der Waals surface area (Å²) in [4.78, 5) is 6.58. The lowest BCUT2D eigenvalue weighted by molar-refractivity contribution is 0.203. The van der Waals surface area contributed by atoms with E-state index >= 15 is 0 Å². The van der Waals surface area contributed by atoms with Crippen LogP contribution in [-0.2, 0) is 19.7 Å². The summed E-state index contributed by atoms with van der Waals surface area (Å²) >= 11 is 0. The van der Waals surface area contributed by atoms with E-state index in [0.717, 1.165) is 18.7 Å². The number of aliphatic hydroxyl groups is 1. The standard InChI is InChI=1S/C17H22N2O/c1-14(2)19(12-17-4-3-9-18-10-17)11-15-5-7-16(13-20)8-6-15/h3-10,14,20H,11-13H2,1-2H3. The predicted molar refractivity (Wildman–Crippen MR) is 81.0 cm³/mol. The largest absolute Gasteiger partial charge is 0.392 e. The van der Waals surface area contributed by atoms with Crippen molar-refractivity contribution in [3.8, 4) is 0 Å². The van der Waals surface area contributed by atoms with E-state index in [9.17, 15) is 0 Å².